The smallest absolute Gasteiger partial charge is 0.310 e. The van der Waals surface area contributed by atoms with Gasteiger partial charge in [-0.2, -0.15) is 0 Å². The Balaban J connectivity index is 1.98. The van der Waals surface area contributed by atoms with E-state index in [4.69, 9.17) is 4.74 Å². The molecule has 2 heteroatoms. The Hall–Kier alpha value is -1.57. The van der Waals surface area contributed by atoms with Crippen LogP contribution in [0.5, 0.6) is 0 Å². The quantitative estimate of drug-likeness (QED) is 0.598. The second-order valence-electron chi connectivity index (χ2n) is 7.11. The van der Waals surface area contributed by atoms with Crippen LogP contribution in [0.2, 0.25) is 0 Å². The van der Waals surface area contributed by atoms with Crippen LogP contribution in [-0.4, -0.2) is 5.97 Å². The number of carbonyl (C=O) groups excluding carboxylic acids is 1. The molecule has 0 N–H and O–H groups in total. The molecule has 0 aliphatic heterocycles. The first kappa shape index (κ1) is 15.8. The highest BCUT2D eigenvalue weighted by Crippen LogP contribution is 2.59. The molecule has 0 saturated heterocycles. The van der Waals surface area contributed by atoms with Crippen LogP contribution >= 0.6 is 0 Å². The van der Waals surface area contributed by atoms with Crippen molar-refractivity contribution in [1.82, 2.24) is 0 Å². The van der Waals surface area contributed by atoms with Crippen LogP contribution in [0.15, 0.2) is 29.8 Å². The second kappa shape index (κ2) is 5.67. The molecule has 2 nitrogen and oxygen atoms in total. The van der Waals surface area contributed by atoms with Crippen LogP contribution in [0.1, 0.15) is 44.4 Å². The van der Waals surface area contributed by atoms with Gasteiger partial charge in [0.1, 0.15) is 6.61 Å². The monoisotopic (exact) mass is 286 g/mol. The Bertz CT molecular complexity index is 577. The molecule has 1 aromatic carbocycles. The summed E-state index contributed by atoms with van der Waals surface area (Å²) in [6.45, 7) is 12.9. The van der Waals surface area contributed by atoms with E-state index in [9.17, 15) is 4.79 Å². The molecule has 21 heavy (non-hydrogen) atoms. The van der Waals surface area contributed by atoms with E-state index in [1.165, 1.54) is 16.7 Å². The van der Waals surface area contributed by atoms with Crippen LogP contribution in [0.3, 0.4) is 0 Å². The third-order valence-corrected chi connectivity index (χ3v) is 4.55. The summed E-state index contributed by atoms with van der Waals surface area (Å²) in [6, 6.07) is 6.23. The van der Waals surface area contributed by atoms with Crippen LogP contribution in [0.25, 0.3) is 0 Å². The van der Waals surface area contributed by atoms with Gasteiger partial charge in [0.05, 0.1) is 5.92 Å². The Morgan fingerprint density at radius 3 is 2.52 bits per heavy atom. The van der Waals surface area contributed by atoms with Crippen molar-refractivity contribution >= 4 is 5.97 Å². The van der Waals surface area contributed by atoms with Gasteiger partial charge >= 0.3 is 5.97 Å². The average Bonchev–Trinajstić information content (AvgIpc) is 2.88. The van der Waals surface area contributed by atoms with E-state index in [2.05, 4.69) is 59.8 Å². The molecule has 0 heterocycles. The van der Waals surface area contributed by atoms with E-state index in [1.54, 1.807) is 0 Å². The third-order valence-electron chi connectivity index (χ3n) is 4.55. The van der Waals surface area contributed by atoms with Crippen molar-refractivity contribution in [3.63, 3.8) is 0 Å². The lowest BCUT2D eigenvalue weighted by Gasteiger charge is -2.09. The van der Waals surface area contributed by atoms with Crippen molar-refractivity contribution in [3.8, 4) is 0 Å². The lowest BCUT2D eigenvalue weighted by molar-refractivity contribution is -0.147. The second-order valence-corrected chi connectivity index (χ2v) is 7.11. The molecule has 0 spiro atoms. The normalized spacial score (nSPS) is 22.6. The third kappa shape index (κ3) is 3.37. The predicted molar refractivity (Wildman–Crippen MR) is 85.9 cm³/mol. The van der Waals surface area contributed by atoms with Crippen LogP contribution in [0, 0.1) is 31.1 Å². The van der Waals surface area contributed by atoms with Crippen LogP contribution < -0.4 is 0 Å². The topological polar surface area (TPSA) is 26.3 Å². The van der Waals surface area contributed by atoms with E-state index in [-0.39, 0.29) is 17.3 Å². The fraction of sp³-hybridized carbons (Fsp3) is 0.526. The largest absolute Gasteiger partial charge is 0.461 e. The van der Waals surface area contributed by atoms with Gasteiger partial charge in [-0.05, 0) is 50.2 Å². The van der Waals surface area contributed by atoms with Gasteiger partial charge in [-0.3, -0.25) is 4.79 Å². The van der Waals surface area contributed by atoms with E-state index >= 15 is 0 Å². The van der Waals surface area contributed by atoms with Gasteiger partial charge in [-0.15, -0.1) is 0 Å². The first-order chi connectivity index (χ1) is 9.73. The zero-order valence-corrected chi connectivity index (χ0v) is 14.0. The number of rotatable bonds is 4. The van der Waals surface area contributed by atoms with Gasteiger partial charge < -0.3 is 4.74 Å². The van der Waals surface area contributed by atoms with Gasteiger partial charge in [0.25, 0.3) is 0 Å². The average molecular weight is 286 g/mol. The van der Waals surface area contributed by atoms with E-state index in [0.29, 0.717) is 12.5 Å². The molecular formula is C19H26O2. The molecule has 114 valence electrons. The molecule has 1 aliphatic carbocycles. The lowest BCUT2D eigenvalue weighted by Crippen LogP contribution is -2.11. The number of hydrogen-bond acceptors (Lipinski definition) is 2. The van der Waals surface area contributed by atoms with Crippen molar-refractivity contribution < 1.29 is 9.53 Å². The first-order valence-corrected chi connectivity index (χ1v) is 7.61. The maximum Gasteiger partial charge on any atom is 0.310 e. The fourth-order valence-electron chi connectivity index (χ4n) is 3.04. The SMILES string of the molecule is CC(C)=C[C@H]1[C@H](C(=O)OCc2ccc(C)cc2C)C1(C)C. The summed E-state index contributed by atoms with van der Waals surface area (Å²) in [5.41, 5.74) is 4.79. The summed E-state index contributed by atoms with van der Waals surface area (Å²) in [7, 11) is 0. The summed E-state index contributed by atoms with van der Waals surface area (Å²) in [5.74, 6) is 0.245. The summed E-state index contributed by atoms with van der Waals surface area (Å²) in [5, 5.41) is 0. The molecule has 1 aromatic rings. The van der Waals surface area contributed by atoms with Crippen molar-refractivity contribution in [2.24, 2.45) is 17.3 Å². The summed E-state index contributed by atoms with van der Waals surface area (Å²) < 4.78 is 5.55. The molecule has 1 aliphatic rings. The highest BCUT2D eigenvalue weighted by atomic mass is 16.5. The molecule has 1 fully saturated rings. The molecule has 0 bridgehead atoms. The number of carbonyl (C=O) groups is 1. The van der Waals surface area contributed by atoms with E-state index in [0.717, 1.165) is 5.56 Å². The molecule has 0 amide bonds. The molecule has 0 aromatic heterocycles. The fourth-order valence-corrected chi connectivity index (χ4v) is 3.04. The zero-order valence-electron chi connectivity index (χ0n) is 14.0. The maximum atomic E-state index is 12.3. The highest BCUT2D eigenvalue weighted by Gasteiger charge is 2.61. The standard InChI is InChI=1S/C19H26O2/c1-12(2)9-16-17(19(16,5)6)18(20)21-11-15-8-7-13(3)10-14(15)4/h7-10,16-17H,11H2,1-6H3/t16-,17+/m0/s1. The maximum absolute atomic E-state index is 12.3. The number of aryl methyl sites for hydroxylation is 2. The van der Waals surface area contributed by atoms with E-state index < -0.39 is 0 Å². The Kier molecular flexibility index (Phi) is 4.27. The predicted octanol–water partition coefficient (Wildman–Crippen LogP) is 4.59. The van der Waals surface area contributed by atoms with Crippen molar-refractivity contribution in [2.45, 2.75) is 48.1 Å². The molecule has 1 saturated carbocycles. The molecule has 0 radical (unpaired) electrons. The summed E-state index contributed by atoms with van der Waals surface area (Å²) in [6.07, 6.45) is 2.20. The van der Waals surface area contributed by atoms with Gasteiger partial charge in [-0.25, -0.2) is 0 Å². The van der Waals surface area contributed by atoms with Gasteiger partial charge in [0.2, 0.25) is 0 Å². The lowest BCUT2D eigenvalue weighted by atomic mass is 10.1. The molecule has 2 rings (SSSR count). The highest BCUT2D eigenvalue weighted by molar-refractivity contribution is 5.78. The van der Waals surface area contributed by atoms with E-state index in [1.807, 2.05) is 6.07 Å². The Morgan fingerprint density at radius 1 is 1.29 bits per heavy atom. The van der Waals surface area contributed by atoms with Crippen molar-refractivity contribution in [1.29, 1.82) is 0 Å². The number of allylic oxidation sites excluding steroid dienone is 2. The first-order valence-electron chi connectivity index (χ1n) is 7.61. The minimum Gasteiger partial charge on any atom is -0.461 e. The zero-order chi connectivity index (χ0) is 15.8. The van der Waals surface area contributed by atoms with Crippen LogP contribution in [-0.2, 0) is 16.1 Å². The Labute approximate surface area is 128 Å². The Morgan fingerprint density at radius 2 is 1.95 bits per heavy atom. The van der Waals surface area contributed by atoms with Crippen molar-refractivity contribution in [3.05, 3.63) is 46.5 Å². The minimum atomic E-state index is -0.0672. The molecule has 0 unspecified atom stereocenters. The number of esters is 1. The minimum absolute atomic E-state index is 0.00171. The van der Waals surface area contributed by atoms with Gasteiger partial charge in [0.15, 0.2) is 0 Å². The molecule has 2 atom stereocenters. The number of benzene rings is 1. The number of hydrogen-bond donors (Lipinski definition) is 0. The van der Waals surface area contributed by atoms with Crippen molar-refractivity contribution in [2.75, 3.05) is 0 Å². The van der Waals surface area contributed by atoms with Crippen LogP contribution in [0.4, 0.5) is 0 Å². The van der Waals surface area contributed by atoms with Gasteiger partial charge in [-0.1, -0.05) is 49.3 Å². The van der Waals surface area contributed by atoms with Gasteiger partial charge in [0, 0.05) is 0 Å². The summed E-state index contributed by atoms with van der Waals surface area (Å²) in [4.78, 5) is 12.3. The molecular weight excluding hydrogens is 260 g/mol. The number of ether oxygens (including phenoxy) is 1. The summed E-state index contributed by atoms with van der Waals surface area (Å²) >= 11 is 0.